The average molecular weight is 257 g/mol. The van der Waals surface area contributed by atoms with Gasteiger partial charge in [0.15, 0.2) is 0 Å². The molecule has 0 aliphatic carbocycles. The van der Waals surface area contributed by atoms with Crippen molar-refractivity contribution in [2.24, 2.45) is 11.1 Å². The van der Waals surface area contributed by atoms with E-state index in [9.17, 15) is 4.79 Å². The van der Waals surface area contributed by atoms with Crippen LogP contribution in [-0.4, -0.2) is 17.4 Å². The summed E-state index contributed by atoms with van der Waals surface area (Å²) >= 11 is 0. The third-order valence-corrected chi connectivity index (χ3v) is 3.64. The molecule has 0 saturated carbocycles. The molecule has 0 bridgehead atoms. The van der Waals surface area contributed by atoms with E-state index in [2.05, 4.69) is 10.3 Å². The number of hydrogen-bond donors (Lipinski definition) is 2. The van der Waals surface area contributed by atoms with E-state index in [1.807, 2.05) is 44.2 Å². The lowest BCUT2D eigenvalue weighted by molar-refractivity contribution is -0.124. The minimum Gasteiger partial charge on any atom is -0.329 e. The highest BCUT2D eigenvalue weighted by Gasteiger charge is 2.29. The van der Waals surface area contributed by atoms with Crippen molar-refractivity contribution >= 4 is 22.5 Å². The van der Waals surface area contributed by atoms with Crippen LogP contribution in [0.4, 0.5) is 5.69 Å². The Morgan fingerprint density at radius 1 is 1.42 bits per heavy atom. The SMILES string of the molecule is CCC(C)(CN)C(=O)Nc1ccc2ncccc2c1. The molecule has 100 valence electrons. The number of pyridine rings is 1. The monoisotopic (exact) mass is 257 g/mol. The molecule has 3 N–H and O–H groups in total. The number of hydrogen-bond acceptors (Lipinski definition) is 3. The first-order chi connectivity index (χ1) is 9.09. The first-order valence-corrected chi connectivity index (χ1v) is 6.45. The van der Waals surface area contributed by atoms with E-state index < -0.39 is 5.41 Å². The number of rotatable bonds is 4. The van der Waals surface area contributed by atoms with E-state index in [1.165, 1.54) is 0 Å². The molecule has 2 rings (SSSR count). The topological polar surface area (TPSA) is 68.0 Å². The normalized spacial score (nSPS) is 14.1. The fourth-order valence-corrected chi connectivity index (χ4v) is 1.83. The van der Waals surface area contributed by atoms with Gasteiger partial charge in [-0.05, 0) is 37.6 Å². The average Bonchev–Trinajstić information content (AvgIpc) is 2.46. The van der Waals surface area contributed by atoms with Crippen LogP contribution in [0.3, 0.4) is 0 Å². The second kappa shape index (κ2) is 5.36. The summed E-state index contributed by atoms with van der Waals surface area (Å²) in [5.74, 6) is -0.0410. The van der Waals surface area contributed by atoms with Crippen molar-refractivity contribution in [3.05, 3.63) is 36.5 Å². The third-order valence-electron chi connectivity index (χ3n) is 3.64. The first kappa shape index (κ1) is 13.5. The molecular weight excluding hydrogens is 238 g/mol. The first-order valence-electron chi connectivity index (χ1n) is 6.45. The predicted octanol–water partition coefficient (Wildman–Crippen LogP) is 2.55. The summed E-state index contributed by atoms with van der Waals surface area (Å²) in [6, 6.07) is 9.53. The maximum Gasteiger partial charge on any atom is 0.231 e. The summed E-state index contributed by atoms with van der Waals surface area (Å²) in [5, 5.41) is 3.94. The highest BCUT2D eigenvalue weighted by atomic mass is 16.2. The summed E-state index contributed by atoms with van der Waals surface area (Å²) in [5.41, 5.74) is 6.86. The highest BCUT2D eigenvalue weighted by molar-refractivity contribution is 5.97. The van der Waals surface area contributed by atoms with E-state index in [1.54, 1.807) is 6.20 Å². The van der Waals surface area contributed by atoms with Crippen molar-refractivity contribution in [1.29, 1.82) is 0 Å². The molecule has 1 atom stereocenters. The number of nitrogens with two attached hydrogens (primary N) is 1. The Morgan fingerprint density at radius 2 is 2.21 bits per heavy atom. The van der Waals surface area contributed by atoms with Crippen LogP contribution in [0.1, 0.15) is 20.3 Å². The third kappa shape index (κ3) is 2.74. The number of benzene rings is 1. The number of carbonyl (C=O) groups excluding carboxylic acids is 1. The fraction of sp³-hybridized carbons (Fsp3) is 0.333. The van der Waals surface area contributed by atoms with Crippen LogP contribution in [0.15, 0.2) is 36.5 Å². The van der Waals surface area contributed by atoms with Crippen molar-refractivity contribution in [1.82, 2.24) is 4.98 Å². The minimum absolute atomic E-state index is 0.0410. The second-order valence-electron chi connectivity index (χ2n) is 4.98. The van der Waals surface area contributed by atoms with Gasteiger partial charge in [-0.1, -0.05) is 13.0 Å². The van der Waals surface area contributed by atoms with Gasteiger partial charge in [0, 0.05) is 23.8 Å². The Labute approximate surface area is 113 Å². The number of carbonyl (C=O) groups is 1. The lowest BCUT2D eigenvalue weighted by atomic mass is 9.86. The number of aromatic nitrogens is 1. The molecule has 4 heteroatoms. The van der Waals surface area contributed by atoms with E-state index in [4.69, 9.17) is 5.73 Å². The van der Waals surface area contributed by atoms with Gasteiger partial charge >= 0.3 is 0 Å². The molecular formula is C15H19N3O. The number of fused-ring (bicyclic) bond motifs is 1. The molecule has 1 unspecified atom stereocenters. The Bertz CT molecular complexity index is 591. The van der Waals surface area contributed by atoms with Crippen molar-refractivity contribution in [2.75, 3.05) is 11.9 Å². The molecule has 1 aromatic heterocycles. The minimum atomic E-state index is -0.524. The van der Waals surface area contributed by atoms with E-state index in [0.29, 0.717) is 13.0 Å². The van der Waals surface area contributed by atoms with Gasteiger partial charge in [0.2, 0.25) is 5.91 Å². The molecule has 1 aromatic carbocycles. The lowest BCUT2D eigenvalue weighted by Gasteiger charge is -2.25. The predicted molar refractivity (Wildman–Crippen MR) is 77.8 cm³/mol. The Kier molecular flexibility index (Phi) is 3.81. The van der Waals surface area contributed by atoms with E-state index >= 15 is 0 Å². The maximum absolute atomic E-state index is 12.2. The van der Waals surface area contributed by atoms with Gasteiger partial charge in [-0.3, -0.25) is 9.78 Å². The zero-order valence-corrected chi connectivity index (χ0v) is 11.3. The Balaban J connectivity index is 2.24. The Morgan fingerprint density at radius 3 is 2.89 bits per heavy atom. The molecule has 1 amide bonds. The molecule has 1 heterocycles. The molecule has 0 spiro atoms. The summed E-state index contributed by atoms with van der Waals surface area (Å²) in [4.78, 5) is 16.5. The molecule has 0 radical (unpaired) electrons. The Hall–Kier alpha value is -1.94. The molecule has 0 fully saturated rings. The van der Waals surface area contributed by atoms with Crippen molar-refractivity contribution in [3.63, 3.8) is 0 Å². The quantitative estimate of drug-likeness (QED) is 0.884. The number of nitrogens with one attached hydrogen (secondary N) is 1. The van der Waals surface area contributed by atoms with Gasteiger partial charge in [-0.25, -0.2) is 0 Å². The molecule has 4 nitrogen and oxygen atoms in total. The van der Waals surface area contributed by atoms with E-state index in [-0.39, 0.29) is 5.91 Å². The number of anilines is 1. The van der Waals surface area contributed by atoms with Crippen LogP contribution in [0.25, 0.3) is 10.9 Å². The lowest BCUT2D eigenvalue weighted by Crippen LogP contribution is -2.39. The van der Waals surface area contributed by atoms with Crippen molar-refractivity contribution in [2.45, 2.75) is 20.3 Å². The molecule has 0 saturated heterocycles. The van der Waals surface area contributed by atoms with Gasteiger partial charge < -0.3 is 11.1 Å². The fourth-order valence-electron chi connectivity index (χ4n) is 1.83. The summed E-state index contributed by atoms with van der Waals surface area (Å²) in [6.07, 6.45) is 2.47. The van der Waals surface area contributed by atoms with Crippen LogP contribution in [0.2, 0.25) is 0 Å². The van der Waals surface area contributed by atoms with Crippen molar-refractivity contribution in [3.8, 4) is 0 Å². The summed E-state index contributed by atoms with van der Waals surface area (Å²) in [6.45, 7) is 4.19. The zero-order valence-electron chi connectivity index (χ0n) is 11.3. The van der Waals surface area contributed by atoms with Crippen molar-refractivity contribution < 1.29 is 4.79 Å². The highest BCUT2D eigenvalue weighted by Crippen LogP contribution is 2.23. The van der Waals surface area contributed by atoms with Crippen LogP contribution in [0, 0.1) is 5.41 Å². The van der Waals surface area contributed by atoms with Gasteiger partial charge in [-0.2, -0.15) is 0 Å². The largest absolute Gasteiger partial charge is 0.329 e. The zero-order chi connectivity index (χ0) is 13.9. The second-order valence-corrected chi connectivity index (χ2v) is 4.98. The summed E-state index contributed by atoms with van der Waals surface area (Å²) in [7, 11) is 0. The number of amides is 1. The van der Waals surface area contributed by atoms with Gasteiger partial charge in [-0.15, -0.1) is 0 Å². The van der Waals surface area contributed by atoms with Crippen LogP contribution < -0.4 is 11.1 Å². The molecule has 19 heavy (non-hydrogen) atoms. The van der Waals surface area contributed by atoms with Crippen LogP contribution in [-0.2, 0) is 4.79 Å². The maximum atomic E-state index is 12.2. The van der Waals surface area contributed by atoms with Gasteiger partial charge in [0.05, 0.1) is 10.9 Å². The number of nitrogens with zero attached hydrogens (tertiary/aromatic N) is 1. The molecule has 0 aliphatic rings. The van der Waals surface area contributed by atoms with Gasteiger partial charge in [0.1, 0.15) is 0 Å². The summed E-state index contributed by atoms with van der Waals surface area (Å²) < 4.78 is 0. The molecule has 2 aromatic rings. The van der Waals surface area contributed by atoms with E-state index in [0.717, 1.165) is 16.6 Å². The molecule has 0 aliphatic heterocycles. The van der Waals surface area contributed by atoms with Gasteiger partial charge in [0.25, 0.3) is 0 Å². The standard InChI is InChI=1S/C15H19N3O/c1-3-15(2,10-16)14(19)18-12-6-7-13-11(9-12)5-4-8-17-13/h4-9H,3,10,16H2,1-2H3,(H,18,19). The smallest absolute Gasteiger partial charge is 0.231 e. The van der Waals surface area contributed by atoms with Crippen LogP contribution in [0.5, 0.6) is 0 Å². The van der Waals surface area contributed by atoms with Crippen LogP contribution >= 0.6 is 0 Å².